The molecule has 2 atom stereocenters. The molecule has 1 aliphatic carbocycles. The second-order valence-corrected chi connectivity index (χ2v) is 6.84. The van der Waals surface area contributed by atoms with E-state index in [0.29, 0.717) is 18.1 Å². The Hall–Kier alpha value is -1.88. The molecule has 0 aromatic heterocycles. The second kappa shape index (κ2) is 6.32. The van der Waals surface area contributed by atoms with E-state index in [4.69, 9.17) is 4.84 Å². The predicted molar refractivity (Wildman–Crippen MR) is 88.0 cm³/mol. The molecule has 2 heterocycles. The fourth-order valence-electron chi connectivity index (χ4n) is 3.50. The SMILES string of the molecule is O=C(NCC1CCN(C2CC2)C1)C1=NOC(c2ccccc2)C1. The maximum absolute atomic E-state index is 12.3. The zero-order valence-electron chi connectivity index (χ0n) is 13.3. The first-order valence-corrected chi connectivity index (χ1v) is 8.59. The summed E-state index contributed by atoms with van der Waals surface area (Å²) >= 11 is 0. The molecule has 1 amide bonds. The van der Waals surface area contributed by atoms with Crippen molar-refractivity contribution in [3.8, 4) is 0 Å². The number of oxime groups is 1. The zero-order chi connectivity index (χ0) is 15.6. The van der Waals surface area contributed by atoms with Crippen LogP contribution in [0, 0.1) is 5.92 Å². The van der Waals surface area contributed by atoms with Crippen molar-refractivity contribution < 1.29 is 9.63 Å². The summed E-state index contributed by atoms with van der Waals surface area (Å²) in [5.74, 6) is 0.501. The molecule has 4 rings (SSSR count). The number of benzene rings is 1. The van der Waals surface area contributed by atoms with E-state index in [2.05, 4.69) is 15.4 Å². The van der Waals surface area contributed by atoms with Gasteiger partial charge in [-0.3, -0.25) is 4.79 Å². The lowest BCUT2D eigenvalue weighted by molar-refractivity contribution is -0.115. The van der Waals surface area contributed by atoms with Crippen LogP contribution in [0.25, 0.3) is 0 Å². The van der Waals surface area contributed by atoms with Gasteiger partial charge in [-0.05, 0) is 37.3 Å². The summed E-state index contributed by atoms with van der Waals surface area (Å²) in [4.78, 5) is 20.3. The first-order valence-electron chi connectivity index (χ1n) is 8.59. The number of amides is 1. The van der Waals surface area contributed by atoms with Crippen LogP contribution < -0.4 is 5.32 Å². The maximum atomic E-state index is 12.3. The summed E-state index contributed by atoms with van der Waals surface area (Å²) in [6.07, 6.45) is 4.32. The third kappa shape index (κ3) is 3.39. The monoisotopic (exact) mass is 313 g/mol. The third-order valence-electron chi connectivity index (χ3n) is 5.03. The fourth-order valence-corrected chi connectivity index (χ4v) is 3.50. The van der Waals surface area contributed by atoms with Gasteiger partial charge in [0.25, 0.3) is 5.91 Å². The highest BCUT2D eigenvalue weighted by molar-refractivity contribution is 6.39. The molecule has 1 saturated heterocycles. The van der Waals surface area contributed by atoms with Gasteiger partial charge in [-0.1, -0.05) is 35.5 Å². The van der Waals surface area contributed by atoms with Gasteiger partial charge < -0.3 is 15.1 Å². The quantitative estimate of drug-likeness (QED) is 0.906. The largest absolute Gasteiger partial charge is 0.387 e. The minimum absolute atomic E-state index is 0.0756. The topological polar surface area (TPSA) is 53.9 Å². The predicted octanol–water partition coefficient (Wildman–Crippen LogP) is 2.10. The normalized spacial score (nSPS) is 27.6. The van der Waals surface area contributed by atoms with Crippen molar-refractivity contribution in [2.45, 2.75) is 37.8 Å². The Labute approximate surface area is 136 Å². The standard InChI is InChI=1S/C18H23N3O2/c22-18(19-11-13-8-9-21(12-13)15-6-7-15)16-10-17(23-20-16)14-4-2-1-3-5-14/h1-5,13,15,17H,6-12H2,(H,19,22). The van der Waals surface area contributed by atoms with E-state index in [1.165, 1.54) is 25.8 Å². The lowest BCUT2D eigenvalue weighted by atomic mass is 10.0. The Morgan fingerprint density at radius 1 is 1.26 bits per heavy atom. The van der Waals surface area contributed by atoms with E-state index >= 15 is 0 Å². The van der Waals surface area contributed by atoms with Gasteiger partial charge in [0.15, 0.2) is 6.10 Å². The van der Waals surface area contributed by atoms with E-state index in [1.807, 2.05) is 30.3 Å². The highest BCUT2D eigenvalue weighted by Gasteiger charge is 2.34. The van der Waals surface area contributed by atoms with Crippen molar-refractivity contribution in [1.29, 1.82) is 0 Å². The summed E-state index contributed by atoms with van der Waals surface area (Å²) in [7, 11) is 0. The zero-order valence-corrected chi connectivity index (χ0v) is 13.3. The molecule has 1 N–H and O–H groups in total. The van der Waals surface area contributed by atoms with Crippen molar-refractivity contribution in [2.75, 3.05) is 19.6 Å². The lowest BCUT2D eigenvalue weighted by Gasteiger charge is -2.15. The van der Waals surface area contributed by atoms with Gasteiger partial charge in [-0.25, -0.2) is 0 Å². The van der Waals surface area contributed by atoms with Gasteiger partial charge in [-0.15, -0.1) is 0 Å². The number of carbonyl (C=O) groups excluding carboxylic acids is 1. The van der Waals surface area contributed by atoms with Crippen LogP contribution in [0.5, 0.6) is 0 Å². The van der Waals surface area contributed by atoms with Gasteiger partial charge in [-0.2, -0.15) is 0 Å². The highest BCUT2D eigenvalue weighted by atomic mass is 16.6. The highest BCUT2D eigenvalue weighted by Crippen LogP contribution is 2.31. The first kappa shape index (κ1) is 14.7. The average molecular weight is 313 g/mol. The van der Waals surface area contributed by atoms with Gasteiger partial charge in [0.05, 0.1) is 0 Å². The van der Waals surface area contributed by atoms with E-state index in [1.54, 1.807) is 0 Å². The molecule has 2 aliphatic heterocycles. The molecular weight excluding hydrogens is 290 g/mol. The fraction of sp³-hybridized carbons (Fsp3) is 0.556. The van der Waals surface area contributed by atoms with Gasteiger partial charge in [0.1, 0.15) is 5.71 Å². The smallest absolute Gasteiger partial charge is 0.269 e. The summed E-state index contributed by atoms with van der Waals surface area (Å²) in [6, 6.07) is 10.8. The van der Waals surface area contributed by atoms with Crippen molar-refractivity contribution in [2.24, 2.45) is 11.1 Å². The molecule has 2 unspecified atom stereocenters. The minimum Gasteiger partial charge on any atom is -0.387 e. The molecule has 0 spiro atoms. The summed E-state index contributed by atoms with van der Waals surface area (Å²) in [5.41, 5.74) is 1.57. The molecule has 1 aromatic carbocycles. The third-order valence-corrected chi connectivity index (χ3v) is 5.03. The number of hydrogen-bond donors (Lipinski definition) is 1. The van der Waals surface area contributed by atoms with Crippen molar-refractivity contribution >= 4 is 11.6 Å². The molecule has 5 nitrogen and oxygen atoms in total. The van der Waals surface area contributed by atoms with Gasteiger partial charge in [0.2, 0.25) is 0 Å². The minimum atomic E-state index is -0.131. The Bertz CT molecular complexity index is 598. The van der Waals surface area contributed by atoms with E-state index in [-0.39, 0.29) is 12.0 Å². The summed E-state index contributed by atoms with van der Waals surface area (Å²) in [6.45, 7) is 3.06. The molecule has 0 radical (unpaired) electrons. The molecule has 0 bridgehead atoms. The van der Waals surface area contributed by atoms with Crippen molar-refractivity contribution in [3.05, 3.63) is 35.9 Å². The molecule has 23 heavy (non-hydrogen) atoms. The molecular formula is C18H23N3O2. The molecule has 5 heteroatoms. The Kier molecular flexibility index (Phi) is 4.04. The molecule has 1 saturated carbocycles. The van der Waals surface area contributed by atoms with Crippen LogP contribution in [-0.2, 0) is 9.63 Å². The maximum Gasteiger partial charge on any atom is 0.269 e. The van der Waals surface area contributed by atoms with Gasteiger partial charge in [0, 0.05) is 25.6 Å². The van der Waals surface area contributed by atoms with Gasteiger partial charge >= 0.3 is 0 Å². The lowest BCUT2D eigenvalue weighted by Crippen LogP contribution is -2.35. The number of likely N-dealkylation sites (tertiary alicyclic amines) is 1. The molecule has 3 aliphatic rings. The summed E-state index contributed by atoms with van der Waals surface area (Å²) in [5, 5.41) is 7.03. The Morgan fingerprint density at radius 2 is 2.09 bits per heavy atom. The number of carbonyl (C=O) groups is 1. The average Bonchev–Trinajstić information content (AvgIpc) is 3.14. The second-order valence-electron chi connectivity index (χ2n) is 6.84. The van der Waals surface area contributed by atoms with Crippen LogP contribution in [0.2, 0.25) is 0 Å². The number of rotatable bonds is 5. The molecule has 2 fully saturated rings. The molecule has 1 aromatic rings. The molecule has 122 valence electrons. The van der Waals surface area contributed by atoms with E-state index in [0.717, 1.165) is 24.7 Å². The van der Waals surface area contributed by atoms with Crippen molar-refractivity contribution in [3.63, 3.8) is 0 Å². The van der Waals surface area contributed by atoms with Crippen LogP contribution in [0.4, 0.5) is 0 Å². The van der Waals surface area contributed by atoms with Crippen LogP contribution in [0.3, 0.4) is 0 Å². The summed E-state index contributed by atoms with van der Waals surface area (Å²) < 4.78 is 0. The number of hydrogen-bond acceptors (Lipinski definition) is 4. The van der Waals surface area contributed by atoms with Crippen LogP contribution >= 0.6 is 0 Å². The van der Waals surface area contributed by atoms with Crippen LogP contribution in [0.1, 0.15) is 37.4 Å². The van der Waals surface area contributed by atoms with Crippen LogP contribution in [0.15, 0.2) is 35.5 Å². The number of nitrogens with zero attached hydrogens (tertiary/aromatic N) is 2. The van der Waals surface area contributed by atoms with E-state index < -0.39 is 0 Å². The number of nitrogens with one attached hydrogen (secondary N) is 1. The Balaban J connectivity index is 1.24. The Morgan fingerprint density at radius 3 is 2.87 bits per heavy atom. The first-order chi connectivity index (χ1) is 11.3. The van der Waals surface area contributed by atoms with Crippen LogP contribution in [-0.4, -0.2) is 42.2 Å². The van der Waals surface area contributed by atoms with E-state index in [9.17, 15) is 4.79 Å². The van der Waals surface area contributed by atoms with Crippen molar-refractivity contribution in [1.82, 2.24) is 10.2 Å².